The molecule has 244 valence electrons. The summed E-state index contributed by atoms with van der Waals surface area (Å²) in [4.78, 5) is 56.3. The van der Waals surface area contributed by atoms with Gasteiger partial charge in [0.2, 0.25) is 23.6 Å². The quantitative estimate of drug-likeness (QED) is 0.0644. The Hall–Kier alpha value is -4.67. The number of amides is 4. The molecule has 0 unspecified atom stereocenters. The molecule has 0 radical (unpaired) electrons. The number of carbonyl (C=O) groups is 4. The van der Waals surface area contributed by atoms with Crippen molar-refractivity contribution >= 4 is 35.7 Å². The maximum atomic E-state index is 13.5. The van der Waals surface area contributed by atoms with E-state index in [1.54, 1.807) is 6.08 Å². The molecule has 3 atom stereocenters. The second kappa shape index (κ2) is 19.6. The van der Waals surface area contributed by atoms with Gasteiger partial charge in [0.25, 0.3) is 0 Å². The lowest BCUT2D eigenvalue weighted by Gasteiger charge is -2.28. The maximum Gasteiger partial charge on any atom is 0.244 e. The van der Waals surface area contributed by atoms with Crippen LogP contribution in [0.25, 0.3) is 6.08 Å². The minimum atomic E-state index is -0.894. The van der Waals surface area contributed by atoms with Crippen LogP contribution in [0.4, 0.5) is 0 Å². The van der Waals surface area contributed by atoms with Crippen LogP contribution in [0.1, 0.15) is 58.1 Å². The summed E-state index contributed by atoms with van der Waals surface area (Å²) in [6.07, 6.45) is 4.38. The largest absolute Gasteiger partial charge is 0.370 e. The van der Waals surface area contributed by atoms with Gasteiger partial charge in [0.15, 0.2) is 5.96 Å². The van der Waals surface area contributed by atoms with Crippen LogP contribution in [-0.2, 0) is 25.6 Å². The molecule has 0 aliphatic rings. The summed E-state index contributed by atoms with van der Waals surface area (Å²) >= 11 is 0. The number of carbonyl (C=O) groups excluding carboxylic acids is 4. The lowest BCUT2D eigenvalue weighted by Crippen LogP contribution is -2.57. The predicted octanol–water partition coefficient (Wildman–Crippen LogP) is 2.27. The molecule has 11 heteroatoms. The van der Waals surface area contributed by atoms with Gasteiger partial charge in [0, 0.05) is 25.2 Å². The molecule has 11 nitrogen and oxygen atoms in total. The van der Waals surface area contributed by atoms with Crippen LogP contribution in [0.5, 0.6) is 0 Å². The van der Waals surface area contributed by atoms with E-state index in [1.807, 2.05) is 88.4 Å². The summed E-state index contributed by atoms with van der Waals surface area (Å²) < 4.78 is 0. The van der Waals surface area contributed by atoms with Crippen molar-refractivity contribution < 1.29 is 19.2 Å². The lowest BCUT2D eigenvalue weighted by atomic mass is 9.99. The minimum absolute atomic E-state index is 0.00307. The summed E-state index contributed by atoms with van der Waals surface area (Å²) in [5.74, 6) is -1.38. The summed E-state index contributed by atoms with van der Waals surface area (Å²) in [6, 6.07) is 16.6. The first-order valence-electron chi connectivity index (χ1n) is 15.4. The second-order valence-corrected chi connectivity index (χ2v) is 11.8. The Morgan fingerprint density at radius 3 is 2.04 bits per heavy atom. The smallest absolute Gasteiger partial charge is 0.244 e. The summed E-state index contributed by atoms with van der Waals surface area (Å²) in [5.41, 5.74) is 12.6. The number of rotatable bonds is 18. The molecule has 0 heterocycles. The third-order valence-corrected chi connectivity index (χ3v) is 7.00. The van der Waals surface area contributed by atoms with Crippen LogP contribution in [0, 0.1) is 11.8 Å². The van der Waals surface area contributed by atoms with Crippen LogP contribution in [0.15, 0.2) is 71.7 Å². The Morgan fingerprint density at radius 1 is 0.822 bits per heavy atom. The number of hydrogen-bond donors (Lipinski definition) is 6. The number of benzene rings is 2. The van der Waals surface area contributed by atoms with E-state index >= 15 is 0 Å². The van der Waals surface area contributed by atoms with Gasteiger partial charge in [-0.15, -0.1) is 0 Å². The van der Waals surface area contributed by atoms with Crippen molar-refractivity contribution in [2.24, 2.45) is 28.3 Å². The van der Waals surface area contributed by atoms with Crippen LogP contribution >= 0.6 is 0 Å². The van der Waals surface area contributed by atoms with Crippen molar-refractivity contribution in [1.82, 2.24) is 21.3 Å². The van der Waals surface area contributed by atoms with Crippen molar-refractivity contribution in [2.75, 3.05) is 13.1 Å². The average molecular weight is 620 g/mol. The fourth-order valence-corrected chi connectivity index (χ4v) is 4.52. The Morgan fingerprint density at radius 2 is 1.44 bits per heavy atom. The van der Waals surface area contributed by atoms with E-state index in [2.05, 4.69) is 26.3 Å². The van der Waals surface area contributed by atoms with Gasteiger partial charge in [-0.1, -0.05) is 88.4 Å². The zero-order chi connectivity index (χ0) is 33.2. The highest BCUT2D eigenvalue weighted by atomic mass is 16.2. The van der Waals surface area contributed by atoms with E-state index in [4.69, 9.17) is 11.5 Å². The van der Waals surface area contributed by atoms with E-state index in [0.717, 1.165) is 11.1 Å². The third-order valence-electron chi connectivity index (χ3n) is 7.00. The van der Waals surface area contributed by atoms with Gasteiger partial charge in [-0.2, -0.15) is 0 Å². The topological polar surface area (TPSA) is 181 Å². The number of nitrogens with zero attached hydrogens (tertiary/aromatic N) is 1. The molecule has 0 saturated carbocycles. The Bertz CT molecular complexity index is 1280. The predicted molar refractivity (Wildman–Crippen MR) is 179 cm³/mol. The van der Waals surface area contributed by atoms with Crippen molar-refractivity contribution in [2.45, 2.75) is 71.5 Å². The van der Waals surface area contributed by atoms with E-state index < -0.39 is 18.0 Å². The molecule has 2 aromatic rings. The lowest BCUT2D eigenvalue weighted by molar-refractivity contribution is -0.132. The van der Waals surface area contributed by atoms with Crippen LogP contribution in [-0.4, -0.2) is 60.8 Å². The number of nitrogens with one attached hydrogen (secondary N) is 4. The maximum absolute atomic E-state index is 13.5. The Kier molecular flexibility index (Phi) is 15.9. The van der Waals surface area contributed by atoms with E-state index in [9.17, 15) is 19.2 Å². The SMILES string of the molecule is CC(C)C[C@H](NC(=O)[C@H](CCCN=C(N)N)NC(=O)Cc1ccccc1)C(=O)N[C@@H](CNC(=O)/C=C/c1ccccc1)C(C)C. The number of aliphatic imine (C=N–C) groups is 1. The van der Waals surface area contributed by atoms with Gasteiger partial charge in [-0.25, -0.2) is 0 Å². The van der Waals surface area contributed by atoms with Gasteiger partial charge < -0.3 is 32.7 Å². The van der Waals surface area contributed by atoms with Crippen molar-refractivity contribution in [3.05, 3.63) is 77.9 Å². The van der Waals surface area contributed by atoms with Gasteiger partial charge in [0.05, 0.1) is 6.42 Å². The van der Waals surface area contributed by atoms with Gasteiger partial charge in [-0.3, -0.25) is 24.2 Å². The molecule has 0 spiro atoms. The zero-order valence-corrected chi connectivity index (χ0v) is 26.8. The molecule has 0 aliphatic carbocycles. The highest BCUT2D eigenvalue weighted by Crippen LogP contribution is 2.10. The molecule has 0 fully saturated rings. The molecule has 0 saturated heterocycles. The van der Waals surface area contributed by atoms with Crippen LogP contribution in [0.3, 0.4) is 0 Å². The number of guanidine groups is 1. The van der Waals surface area contributed by atoms with E-state index in [1.165, 1.54) is 6.08 Å². The minimum Gasteiger partial charge on any atom is -0.370 e. The molecule has 0 aromatic heterocycles. The average Bonchev–Trinajstić information content (AvgIpc) is 2.99. The molecule has 0 bridgehead atoms. The highest BCUT2D eigenvalue weighted by Gasteiger charge is 2.29. The molecular weight excluding hydrogens is 570 g/mol. The summed E-state index contributed by atoms with van der Waals surface area (Å²) in [7, 11) is 0. The standard InChI is InChI=1S/C34H49N7O4/c1-23(2)20-28(33(45)41-29(24(3)4)22-38-30(42)18-17-25-12-7-5-8-13-25)40-32(44)27(16-11-19-37-34(35)36)39-31(43)21-26-14-9-6-10-15-26/h5-10,12-15,17-18,23-24,27-29H,11,16,19-22H2,1-4H3,(H,38,42)(H,39,43)(H,40,44)(H,41,45)(H4,35,36,37)/b18-17+/t27-,28-,29-/m0/s1. The molecule has 8 N–H and O–H groups in total. The molecule has 2 rings (SSSR count). The van der Waals surface area contributed by atoms with Crippen LogP contribution in [0.2, 0.25) is 0 Å². The molecule has 45 heavy (non-hydrogen) atoms. The number of hydrogen-bond acceptors (Lipinski definition) is 5. The second-order valence-electron chi connectivity index (χ2n) is 11.8. The van der Waals surface area contributed by atoms with Crippen LogP contribution < -0.4 is 32.7 Å². The van der Waals surface area contributed by atoms with Crippen molar-refractivity contribution in [1.29, 1.82) is 0 Å². The molecule has 0 aliphatic heterocycles. The zero-order valence-electron chi connectivity index (χ0n) is 26.8. The monoisotopic (exact) mass is 619 g/mol. The van der Waals surface area contributed by atoms with Gasteiger partial charge in [-0.05, 0) is 48.3 Å². The van der Waals surface area contributed by atoms with E-state index in [0.29, 0.717) is 19.4 Å². The third kappa shape index (κ3) is 15.1. The van der Waals surface area contributed by atoms with Gasteiger partial charge >= 0.3 is 0 Å². The first-order chi connectivity index (χ1) is 21.4. The Labute approximate surface area is 266 Å². The molecular formula is C34H49N7O4. The van der Waals surface area contributed by atoms with E-state index in [-0.39, 0.29) is 60.9 Å². The fraction of sp³-hybridized carbons (Fsp3) is 0.441. The van der Waals surface area contributed by atoms with Crippen molar-refractivity contribution in [3.63, 3.8) is 0 Å². The summed E-state index contributed by atoms with van der Waals surface area (Å²) in [6.45, 7) is 8.31. The first-order valence-corrected chi connectivity index (χ1v) is 15.4. The van der Waals surface area contributed by atoms with Crippen molar-refractivity contribution in [3.8, 4) is 0 Å². The highest BCUT2D eigenvalue weighted by molar-refractivity contribution is 5.93. The Balaban J connectivity index is 2.08. The normalized spacial score (nSPS) is 13.1. The fourth-order valence-electron chi connectivity index (χ4n) is 4.52. The molecule has 2 aromatic carbocycles. The number of nitrogens with two attached hydrogens (primary N) is 2. The first kappa shape index (κ1) is 36.5. The summed E-state index contributed by atoms with van der Waals surface area (Å²) in [5, 5.41) is 11.5. The van der Waals surface area contributed by atoms with Gasteiger partial charge in [0.1, 0.15) is 12.1 Å². The molecule has 4 amide bonds.